The average molecular weight is 388 g/mol. The molecule has 0 aliphatic carbocycles. The van der Waals surface area contributed by atoms with Crippen LogP contribution in [0.25, 0.3) is 0 Å². The third kappa shape index (κ3) is 5.35. The number of rotatable bonds is 6. The van der Waals surface area contributed by atoms with E-state index >= 15 is 0 Å². The highest BCUT2D eigenvalue weighted by molar-refractivity contribution is 6.28. The molecule has 2 aromatic carbocycles. The standard InChI is InChI=1S/C18H15ClFN5O2/c1-27-15(26)10-11-2-6-13(7-3-11)21-17-23-16(19)24-18(25-17)22-14-8-4-12(20)5-9-14/h2-9H,10H2,1H3,(H2,21,22,23,24,25). The molecule has 0 aliphatic rings. The predicted octanol–water partition coefficient (Wildman–Crippen LogP) is 3.87. The van der Waals surface area contributed by atoms with Crippen LogP contribution in [0.5, 0.6) is 0 Å². The molecule has 0 unspecified atom stereocenters. The molecule has 2 N–H and O–H groups in total. The topological polar surface area (TPSA) is 89.0 Å². The van der Waals surface area contributed by atoms with Crippen LogP contribution in [0.1, 0.15) is 5.56 Å². The number of esters is 1. The first-order valence-corrected chi connectivity index (χ1v) is 8.26. The Balaban J connectivity index is 1.72. The lowest BCUT2D eigenvalue weighted by Crippen LogP contribution is -2.05. The van der Waals surface area contributed by atoms with Crippen LogP contribution in [-0.4, -0.2) is 28.0 Å². The van der Waals surface area contributed by atoms with Gasteiger partial charge in [-0.15, -0.1) is 0 Å². The molecule has 7 nitrogen and oxygen atoms in total. The highest BCUT2D eigenvalue weighted by atomic mass is 35.5. The highest BCUT2D eigenvalue weighted by Crippen LogP contribution is 2.19. The molecule has 0 radical (unpaired) electrons. The number of nitrogens with zero attached hydrogens (tertiary/aromatic N) is 3. The monoisotopic (exact) mass is 387 g/mol. The average Bonchev–Trinajstić information content (AvgIpc) is 2.65. The fourth-order valence-corrected chi connectivity index (χ4v) is 2.36. The van der Waals surface area contributed by atoms with Crippen molar-refractivity contribution in [2.24, 2.45) is 0 Å². The Hall–Kier alpha value is -3.26. The van der Waals surface area contributed by atoms with Gasteiger partial charge in [0.25, 0.3) is 0 Å². The van der Waals surface area contributed by atoms with Gasteiger partial charge >= 0.3 is 5.97 Å². The molecule has 0 aliphatic heterocycles. The van der Waals surface area contributed by atoms with Crippen LogP contribution in [0.15, 0.2) is 48.5 Å². The summed E-state index contributed by atoms with van der Waals surface area (Å²) < 4.78 is 17.6. The van der Waals surface area contributed by atoms with Crippen molar-refractivity contribution in [2.45, 2.75) is 6.42 Å². The van der Waals surface area contributed by atoms with Gasteiger partial charge in [0, 0.05) is 11.4 Å². The molecule has 1 aromatic heterocycles. The molecule has 0 saturated carbocycles. The summed E-state index contributed by atoms with van der Waals surface area (Å²) in [6.07, 6.45) is 0.195. The molecule has 0 saturated heterocycles. The maximum atomic E-state index is 13.0. The Morgan fingerprint density at radius 1 is 0.963 bits per heavy atom. The summed E-state index contributed by atoms with van der Waals surface area (Å²) in [5.41, 5.74) is 2.13. The number of hydrogen-bond acceptors (Lipinski definition) is 7. The van der Waals surface area contributed by atoms with Gasteiger partial charge in [0.05, 0.1) is 13.5 Å². The van der Waals surface area contributed by atoms with Gasteiger partial charge in [0.15, 0.2) is 0 Å². The van der Waals surface area contributed by atoms with Gasteiger partial charge in [-0.1, -0.05) is 12.1 Å². The molecule has 0 amide bonds. The number of halogens is 2. The summed E-state index contributed by atoms with van der Waals surface area (Å²) in [6, 6.07) is 12.9. The zero-order valence-electron chi connectivity index (χ0n) is 14.2. The Labute approximate surface area is 159 Å². The fraction of sp³-hybridized carbons (Fsp3) is 0.111. The molecule has 0 atom stereocenters. The second-order valence-electron chi connectivity index (χ2n) is 5.46. The molecule has 9 heteroatoms. The third-order valence-electron chi connectivity index (χ3n) is 3.49. The van der Waals surface area contributed by atoms with Crippen molar-refractivity contribution in [1.82, 2.24) is 15.0 Å². The van der Waals surface area contributed by atoms with Crippen LogP contribution in [0.3, 0.4) is 0 Å². The van der Waals surface area contributed by atoms with E-state index in [2.05, 4.69) is 30.3 Å². The Kier molecular flexibility index (Phi) is 5.77. The minimum Gasteiger partial charge on any atom is -0.469 e. The van der Waals surface area contributed by atoms with Crippen molar-refractivity contribution in [3.63, 3.8) is 0 Å². The molecular weight excluding hydrogens is 373 g/mol. The number of ether oxygens (including phenoxy) is 1. The van der Waals surface area contributed by atoms with Crippen LogP contribution in [-0.2, 0) is 16.0 Å². The van der Waals surface area contributed by atoms with Gasteiger partial charge < -0.3 is 15.4 Å². The van der Waals surface area contributed by atoms with Gasteiger partial charge in [-0.2, -0.15) is 15.0 Å². The number of anilines is 4. The number of nitrogens with one attached hydrogen (secondary N) is 2. The van der Waals surface area contributed by atoms with Gasteiger partial charge in [0.2, 0.25) is 17.2 Å². The van der Waals surface area contributed by atoms with Crippen molar-refractivity contribution in [3.05, 3.63) is 65.2 Å². The summed E-state index contributed by atoms with van der Waals surface area (Å²) in [4.78, 5) is 23.6. The largest absolute Gasteiger partial charge is 0.469 e. The highest BCUT2D eigenvalue weighted by Gasteiger charge is 2.07. The van der Waals surface area contributed by atoms with Crippen molar-refractivity contribution >= 4 is 40.8 Å². The predicted molar refractivity (Wildman–Crippen MR) is 100.0 cm³/mol. The van der Waals surface area contributed by atoms with E-state index in [0.29, 0.717) is 11.4 Å². The van der Waals surface area contributed by atoms with E-state index in [0.717, 1.165) is 5.56 Å². The number of carbonyl (C=O) groups excluding carboxylic acids is 1. The molecule has 0 spiro atoms. The van der Waals surface area contributed by atoms with Crippen molar-refractivity contribution < 1.29 is 13.9 Å². The normalized spacial score (nSPS) is 10.3. The second-order valence-corrected chi connectivity index (χ2v) is 5.80. The number of carbonyl (C=O) groups is 1. The van der Waals surface area contributed by atoms with E-state index < -0.39 is 0 Å². The zero-order valence-corrected chi connectivity index (χ0v) is 15.0. The third-order valence-corrected chi connectivity index (χ3v) is 3.66. The van der Waals surface area contributed by atoms with E-state index in [9.17, 15) is 9.18 Å². The van der Waals surface area contributed by atoms with Crippen LogP contribution in [0, 0.1) is 5.82 Å². The first-order chi connectivity index (χ1) is 13.0. The summed E-state index contributed by atoms with van der Waals surface area (Å²) in [7, 11) is 1.35. The van der Waals surface area contributed by atoms with E-state index in [1.165, 1.54) is 19.2 Å². The first kappa shape index (κ1) is 18.5. The molecule has 27 heavy (non-hydrogen) atoms. The molecule has 0 fully saturated rings. The Morgan fingerprint density at radius 3 is 2.00 bits per heavy atom. The molecular formula is C18H15ClFN5O2. The SMILES string of the molecule is COC(=O)Cc1ccc(Nc2nc(Cl)nc(Nc3ccc(F)cc3)n2)cc1. The fourth-order valence-electron chi connectivity index (χ4n) is 2.20. The minimum atomic E-state index is -0.341. The van der Waals surface area contributed by atoms with Gasteiger partial charge in [-0.05, 0) is 53.6 Å². The molecule has 1 heterocycles. The first-order valence-electron chi connectivity index (χ1n) is 7.89. The van der Waals surface area contributed by atoms with Crippen molar-refractivity contribution in [3.8, 4) is 0 Å². The Morgan fingerprint density at radius 2 is 1.48 bits per heavy atom. The van der Waals surface area contributed by atoms with E-state index in [1.807, 2.05) is 0 Å². The van der Waals surface area contributed by atoms with Crippen molar-refractivity contribution in [1.29, 1.82) is 0 Å². The summed E-state index contributed by atoms with van der Waals surface area (Å²) in [5.74, 6) is -0.199. The lowest BCUT2D eigenvalue weighted by molar-refractivity contribution is -0.139. The van der Waals surface area contributed by atoms with Crippen molar-refractivity contribution in [2.75, 3.05) is 17.7 Å². The van der Waals surface area contributed by atoms with Gasteiger partial charge in [0.1, 0.15) is 5.82 Å². The van der Waals surface area contributed by atoms with E-state index in [-0.39, 0.29) is 35.4 Å². The molecule has 3 aromatic rings. The second kappa shape index (κ2) is 8.41. The number of hydrogen-bond donors (Lipinski definition) is 2. The lowest BCUT2D eigenvalue weighted by Gasteiger charge is -2.09. The van der Waals surface area contributed by atoms with Crippen LogP contribution >= 0.6 is 11.6 Å². The van der Waals surface area contributed by atoms with Gasteiger partial charge in [-0.3, -0.25) is 4.79 Å². The Bertz CT molecular complexity index is 935. The minimum absolute atomic E-state index is 0.000534. The summed E-state index contributed by atoms with van der Waals surface area (Å²) in [5, 5.41) is 5.94. The van der Waals surface area contributed by atoms with E-state index in [4.69, 9.17) is 11.6 Å². The van der Waals surface area contributed by atoms with Crippen LogP contribution < -0.4 is 10.6 Å². The van der Waals surface area contributed by atoms with Gasteiger partial charge in [-0.25, -0.2) is 4.39 Å². The summed E-state index contributed by atoms with van der Waals surface area (Å²) in [6.45, 7) is 0. The van der Waals surface area contributed by atoms with E-state index in [1.54, 1.807) is 36.4 Å². The number of benzene rings is 2. The van der Waals surface area contributed by atoms with Crippen LogP contribution in [0.2, 0.25) is 5.28 Å². The van der Waals surface area contributed by atoms with Crippen LogP contribution in [0.4, 0.5) is 27.7 Å². The number of aromatic nitrogens is 3. The summed E-state index contributed by atoms with van der Waals surface area (Å²) >= 11 is 5.95. The molecule has 0 bridgehead atoms. The lowest BCUT2D eigenvalue weighted by atomic mass is 10.1. The maximum absolute atomic E-state index is 13.0. The maximum Gasteiger partial charge on any atom is 0.309 e. The molecule has 3 rings (SSSR count). The number of methoxy groups -OCH3 is 1. The molecule has 138 valence electrons. The zero-order chi connectivity index (χ0) is 19.2. The quantitative estimate of drug-likeness (QED) is 0.620. The smallest absolute Gasteiger partial charge is 0.309 e.